The SMILES string of the molecule is COc1ccc(Br)cc1/C=N\NC(=O)[C@H](NS(=O)(=O)c1ccc(C)cc1)C(C)C. The van der Waals surface area contributed by atoms with E-state index in [0.29, 0.717) is 11.3 Å². The molecule has 1 amide bonds. The number of ether oxygens (including phenoxy) is 1. The molecule has 2 N–H and O–H groups in total. The van der Waals surface area contributed by atoms with Gasteiger partial charge in [0.1, 0.15) is 11.8 Å². The van der Waals surface area contributed by atoms with Crippen molar-refractivity contribution in [3.63, 3.8) is 0 Å². The van der Waals surface area contributed by atoms with E-state index in [1.54, 1.807) is 38.1 Å². The number of carbonyl (C=O) groups excluding carboxylic acids is 1. The first-order valence-corrected chi connectivity index (χ1v) is 11.2. The van der Waals surface area contributed by atoms with Crippen LogP contribution >= 0.6 is 15.9 Å². The van der Waals surface area contributed by atoms with Gasteiger partial charge in [0.05, 0.1) is 18.2 Å². The Labute approximate surface area is 179 Å². The Morgan fingerprint density at radius 1 is 1.17 bits per heavy atom. The molecule has 0 bridgehead atoms. The molecule has 1 atom stereocenters. The number of benzene rings is 2. The van der Waals surface area contributed by atoms with Gasteiger partial charge in [-0.05, 0) is 43.2 Å². The average molecular weight is 482 g/mol. The number of aryl methyl sites for hydroxylation is 1. The van der Waals surface area contributed by atoms with Gasteiger partial charge in [-0.2, -0.15) is 9.82 Å². The molecular weight excluding hydrogens is 458 g/mol. The van der Waals surface area contributed by atoms with E-state index in [4.69, 9.17) is 4.74 Å². The fourth-order valence-electron chi connectivity index (χ4n) is 2.49. The summed E-state index contributed by atoms with van der Waals surface area (Å²) in [5.74, 6) is -0.251. The van der Waals surface area contributed by atoms with Crippen LogP contribution in [-0.2, 0) is 14.8 Å². The Kier molecular flexibility index (Phi) is 7.95. The molecule has 0 aliphatic heterocycles. The van der Waals surface area contributed by atoms with Crippen LogP contribution in [0.1, 0.15) is 25.0 Å². The molecule has 0 saturated carbocycles. The zero-order chi connectivity index (χ0) is 21.6. The van der Waals surface area contributed by atoms with Gasteiger partial charge in [-0.3, -0.25) is 4.79 Å². The smallest absolute Gasteiger partial charge is 0.258 e. The number of carbonyl (C=O) groups is 1. The molecule has 2 aromatic rings. The second-order valence-corrected chi connectivity index (χ2v) is 9.41. The van der Waals surface area contributed by atoms with Gasteiger partial charge in [-0.1, -0.05) is 47.5 Å². The maximum atomic E-state index is 12.6. The van der Waals surface area contributed by atoms with E-state index in [9.17, 15) is 13.2 Å². The maximum Gasteiger partial charge on any atom is 0.258 e. The van der Waals surface area contributed by atoms with Crippen LogP contribution in [0.4, 0.5) is 0 Å². The third kappa shape index (κ3) is 6.38. The summed E-state index contributed by atoms with van der Waals surface area (Å²) in [6.45, 7) is 5.37. The predicted octanol–water partition coefficient (Wildman–Crippen LogP) is 3.22. The molecule has 0 unspecified atom stereocenters. The van der Waals surface area contributed by atoms with Gasteiger partial charge in [0.25, 0.3) is 5.91 Å². The summed E-state index contributed by atoms with van der Waals surface area (Å²) < 4.78 is 33.8. The highest BCUT2D eigenvalue weighted by atomic mass is 79.9. The Hall–Kier alpha value is -2.23. The minimum Gasteiger partial charge on any atom is -0.496 e. The number of hydrazone groups is 1. The highest BCUT2D eigenvalue weighted by Gasteiger charge is 2.28. The van der Waals surface area contributed by atoms with E-state index >= 15 is 0 Å². The van der Waals surface area contributed by atoms with Gasteiger partial charge in [-0.15, -0.1) is 0 Å². The van der Waals surface area contributed by atoms with Crippen LogP contribution in [0.15, 0.2) is 56.9 Å². The van der Waals surface area contributed by atoms with Crippen molar-refractivity contribution in [3.05, 3.63) is 58.1 Å². The fraction of sp³-hybridized carbons (Fsp3) is 0.300. The van der Waals surface area contributed by atoms with Crippen molar-refractivity contribution in [2.24, 2.45) is 11.0 Å². The Morgan fingerprint density at radius 3 is 2.41 bits per heavy atom. The summed E-state index contributed by atoms with van der Waals surface area (Å²) in [6.07, 6.45) is 1.44. The number of amides is 1. The van der Waals surface area contributed by atoms with Crippen molar-refractivity contribution in [1.29, 1.82) is 0 Å². The summed E-state index contributed by atoms with van der Waals surface area (Å²) >= 11 is 3.37. The summed E-state index contributed by atoms with van der Waals surface area (Å²) in [5.41, 5.74) is 4.00. The van der Waals surface area contributed by atoms with Crippen LogP contribution in [-0.4, -0.2) is 33.7 Å². The molecule has 29 heavy (non-hydrogen) atoms. The molecule has 0 aliphatic carbocycles. The third-order valence-corrected chi connectivity index (χ3v) is 6.08. The largest absolute Gasteiger partial charge is 0.496 e. The molecule has 0 saturated heterocycles. The lowest BCUT2D eigenvalue weighted by molar-refractivity contribution is -0.123. The van der Waals surface area contributed by atoms with Crippen molar-refractivity contribution in [2.75, 3.05) is 7.11 Å². The predicted molar refractivity (Wildman–Crippen MR) is 117 cm³/mol. The number of hydrogen-bond acceptors (Lipinski definition) is 5. The molecular formula is C20H24BrN3O4S. The molecule has 0 heterocycles. The lowest BCUT2D eigenvalue weighted by atomic mass is 10.1. The van der Waals surface area contributed by atoms with E-state index in [1.165, 1.54) is 25.5 Å². The first-order chi connectivity index (χ1) is 13.6. The summed E-state index contributed by atoms with van der Waals surface area (Å²) in [7, 11) is -2.31. The number of sulfonamides is 1. The minimum atomic E-state index is -3.85. The summed E-state index contributed by atoms with van der Waals surface area (Å²) in [6, 6.07) is 10.8. The van der Waals surface area contributed by atoms with Crippen LogP contribution in [0.5, 0.6) is 5.75 Å². The van der Waals surface area contributed by atoms with E-state index in [1.807, 2.05) is 13.0 Å². The van der Waals surface area contributed by atoms with Gasteiger partial charge in [0.15, 0.2) is 0 Å². The van der Waals surface area contributed by atoms with Crippen LogP contribution in [0.2, 0.25) is 0 Å². The van der Waals surface area contributed by atoms with Crippen LogP contribution in [0.3, 0.4) is 0 Å². The topological polar surface area (TPSA) is 96.9 Å². The number of rotatable bonds is 8. The molecule has 156 valence electrons. The van der Waals surface area contributed by atoms with E-state index in [-0.39, 0.29) is 10.8 Å². The molecule has 0 fully saturated rings. The van der Waals surface area contributed by atoms with Gasteiger partial charge in [0.2, 0.25) is 10.0 Å². The highest BCUT2D eigenvalue weighted by molar-refractivity contribution is 9.10. The average Bonchev–Trinajstić information content (AvgIpc) is 2.66. The lowest BCUT2D eigenvalue weighted by Gasteiger charge is -2.20. The number of halogens is 1. The van der Waals surface area contributed by atoms with Crippen molar-refractivity contribution in [2.45, 2.75) is 31.7 Å². The van der Waals surface area contributed by atoms with Crippen LogP contribution < -0.4 is 14.9 Å². The molecule has 7 nitrogen and oxygen atoms in total. The number of nitrogens with zero attached hydrogens (tertiary/aromatic N) is 1. The van der Waals surface area contributed by atoms with Gasteiger partial charge in [-0.25, -0.2) is 13.8 Å². The molecule has 0 aromatic heterocycles. The third-order valence-electron chi connectivity index (χ3n) is 4.13. The van der Waals surface area contributed by atoms with Gasteiger partial charge >= 0.3 is 0 Å². The van der Waals surface area contributed by atoms with Crippen molar-refractivity contribution in [3.8, 4) is 5.75 Å². The summed E-state index contributed by atoms with van der Waals surface area (Å²) in [4.78, 5) is 12.7. The van der Waals surface area contributed by atoms with Crippen LogP contribution in [0, 0.1) is 12.8 Å². The second-order valence-electron chi connectivity index (χ2n) is 6.78. The van der Waals surface area contributed by atoms with E-state index in [2.05, 4.69) is 31.2 Å². The molecule has 2 aromatic carbocycles. The van der Waals surface area contributed by atoms with E-state index < -0.39 is 22.0 Å². The van der Waals surface area contributed by atoms with Crippen LogP contribution in [0.25, 0.3) is 0 Å². The maximum absolute atomic E-state index is 12.6. The Morgan fingerprint density at radius 2 is 1.83 bits per heavy atom. The number of hydrogen-bond donors (Lipinski definition) is 2. The lowest BCUT2D eigenvalue weighted by Crippen LogP contribution is -2.48. The monoisotopic (exact) mass is 481 g/mol. The van der Waals surface area contributed by atoms with Gasteiger partial charge in [0, 0.05) is 10.0 Å². The normalized spacial score (nSPS) is 12.9. The molecule has 9 heteroatoms. The molecule has 0 spiro atoms. The van der Waals surface area contributed by atoms with Crippen molar-refractivity contribution in [1.82, 2.24) is 10.1 Å². The highest BCUT2D eigenvalue weighted by Crippen LogP contribution is 2.21. The van der Waals surface area contributed by atoms with Crippen molar-refractivity contribution >= 4 is 38.1 Å². The number of nitrogens with one attached hydrogen (secondary N) is 2. The zero-order valence-electron chi connectivity index (χ0n) is 16.6. The van der Waals surface area contributed by atoms with E-state index in [0.717, 1.165) is 10.0 Å². The Bertz CT molecular complexity index is 989. The quantitative estimate of drug-likeness (QED) is 0.446. The molecule has 0 aliphatic rings. The standard InChI is InChI=1S/C20H24BrN3O4S/c1-13(2)19(24-29(26,27)17-8-5-14(3)6-9-17)20(25)23-22-12-15-11-16(21)7-10-18(15)28-4/h5-13,19,24H,1-4H3,(H,23,25)/b22-12-/t19-/m1/s1. The first-order valence-electron chi connectivity index (χ1n) is 8.89. The zero-order valence-corrected chi connectivity index (χ0v) is 19.0. The minimum absolute atomic E-state index is 0.101. The molecule has 0 radical (unpaired) electrons. The van der Waals surface area contributed by atoms with Crippen molar-refractivity contribution < 1.29 is 17.9 Å². The fourth-order valence-corrected chi connectivity index (χ4v) is 4.21. The second kappa shape index (κ2) is 10.00. The van der Waals surface area contributed by atoms with Gasteiger partial charge < -0.3 is 4.74 Å². The number of methoxy groups -OCH3 is 1. The first kappa shape index (κ1) is 23.1. The summed E-state index contributed by atoms with van der Waals surface area (Å²) in [5, 5.41) is 3.95. The Balaban J connectivity index is 2.14. The molecule has 2 rings (SSSR count).